The molecule has 35 heavy (non-hydrogen) atoms. The third-order valence-electron chi connectivity index (χ3n) is 5.40. The maximum atomic E-state index is 13.1. The van der Waals surface area contributed by atoms with Crippen LogP contribution in [0.3, 0.4) is 0 Å². The fraction of sp³-hybridized carbons (Fsp3) is 0.393. The highest BCUT2D eigenvalue weighted by molar-refractivity contribution is 8.00. The molecular weight excluding hydrogens is 456 g/mol. The molecule has 0 atom stereocenters. The molecule has 0 aliphatic rings. The minimum absolute atomic E-state index is 0.00368. The van der Waals surface area contributed by atoms with Gasteiger partial charge in [0, 0.05) is 22.9 Å². The summed E-state index contributed by atoms with van der Waals surface area (Å²) in [5, 5.41) is 7.79. The quantitative estimate of drug-likeness (QED) is 0.390. The fourth-order valence-electron chi connectivity index (χ4n) is 3.52. The van der Waals surface area contributed by atoms with Crippen LogP contribution in [0.15, 0.2) is 65.6 Å². The molecule has 6 nitrogen and oxygen atoms in total. The number of hydrogen-bond donors (Lipinski definition) is 1. The predicted molar refractivity (Wildman–Crippen MR) is 144 cm³/mol. The van der Waals surface area contributed by atoms with Gasteiger partial charge in [-0.05, 0) is 37.1 Å². The number of nitrogens with zero attached hydrogens (tertiary/aromatic N) is 3. The van der Waals surface area contributed by atoms with Crippen molar-refractivity contribution in [2.24, 2.45) is 5.92 Å². The highest BCUT2D eigenvalue weighted by Crippen LogP contribution is 2.26. The van der Waals surface area contributed by atoms with E-state index >= 15 is 0 Å². The van der Waals surface area contributed by atoms with Crippen LogP contribution in [0, 0.1) is 12.8 Å². The lowest BCUT2D eigenvalue weighted by Gasteiger charge is -2.24. The zero-order valence-electron chi connectivity index (χ0n) is 21.5. The Morgan fingerprint density at radius 3 is 2.31 bits per heavy atom. The highest BCUT2D eigenvalue weighted by Gasteiger charge is 2.23. The predicted octanol–water partition coefficient (Wildman–Crippen LogP) is 5.69. The normalized spacial score (nSPS) is 11.5. The SMILES string of the molecule is Cc1ccc(-n2nc(C(C)(C)C)cc2NC(=O)CN(CC(C)C)C(=O)CSc2ccccc2)cc1. The van der Waals surface area contributed by atoms with Crippen LogP contribution in [0.1, 0.15) is 45.9 Å². The number of carbonyl (C=O) groups is 2. The molecule has 1 N–H and O–H groups in total. The number of thioether (sulfide) groups is 1. The molecule has 0 unspecified atom stereocenters. The van der Waals surface area contributed by atoms with Gasteiger partial charge in [-0.1, -0.05) is 70.5 Å². The van der Waals surface area contributed by atoms with Crippen molar-refractivity contribution < 1.29 is 9.59 Å². The van der Waals surface area contributed by atoms with E-state index in [-0.39, 0.29) is 29.7 Å². The lowest BCUT2D eigenvalue weighted by Crippen LogP contribution is -2.41. The van der Waals surface area contributed by atoms with Gasteiger partial charge in [0.2, 0.25) is 11.8 Å². The number of benzene rings is 2. The average Bonchev–Trinajstić information content (AvgIpc) is 3.22. The van der Waals surface area contributed by atoms with Crippen LogP contribution in [0.5, 0.6) is 0 Å². The first-order chi connectivity index (χ1) is 16.5. The van der Waals surface area contributed by atoms with Crippen LogP contribution in [0.4, 0.5) is 5.82 Å². The smallest absolute Gasteiger partial charge is 0.245 e. The molecule has 0 bridgehead atoms. The summed E-state index contributed by atoms with van der Waals surface area (Å²) in [6.07, 6.45) is 0. The molecular formula is C28H36N4O2S. The molecule has 0 spiro atoms. The molecule has 186 valence electrons. The van der Waals surface area contributed by atoms with Crippen molar-refractivity contribution in [3.05, 3.63) is 71.9 Å². The van der Waals surface area contributed by atoms with E-state index < -0.39 is 0 Å². The molecule has 0 fully saturated rings. The number of carbonyl (C=O) groups excluding carboxylic acids is 2. The topological polar surface area (TPSA) is 67.2 Å². The Balaban J connectivity index is 1.76. The summed E-state index contributed by atoms with van der Waals surface area (Å²) in [5.74, 6) is 0.848. The maximum Gasteiger partial charge on any atom is 0.245 e. The van der Waals surface area contributed by atoms with Crippen molar-refractivity contribution in [3.8, 4) is 5.69 Å². The van der Waals surface area contributed by atoms with Gasteiger partial charge in [0.1, 0.15) is 5.82 Å². The summed E-state index contributed by atoms with van der Waals surface area (Å²) in [5.41, 5.74) is 2.72. The van der Waals surface area contributed by atoms with E-state index in [1.165, 1.54) is 11.8 Å². The van der Waals surface area contributed by atoms with Crippen molar-refractivity contribution in [2.45, 2.75) is 51.9 Å². The van der Waals surface area contributed by atoms with Gasteiger partial charge in [-0.15, -0.1) is 11.8 Å². The molecule has 1 aromatic heterocycles. The number of aromatic nitrogens is 2. The average molecular weight is 493 g/mol. The number of anilines is 1. The maximum absolute atomic E-state index is 13.1. The summed E-state index contributed by atoms with van der Waals surface area (Å²) in [6, 6.07) is 19.8. The first-order valence-electron chi connectivity index (χ1n) is 12.0. The number of nitrogens with one attached hydrogen (secondary N) is 1. The van der Waals surface area contributed by atoms with E-state index in [2.05, 4.69) is 26.1 Å². The van der Waals surface area contributed by atoms with Crippen LogP contribution >= 0.6 is 11.8 Å². The van der Waals surface area contributed by atoms with Gasteiger partial charge in [0.15, 0.2) is 0 Å². The fourth-order valence-corrected chi connectivity index (χ4v) is 4.35. The summed E-state index contributed by atoms with van der Waals surface area (Å²) >= 11 is 1.48. The van der Waals surface area contributed by atoms with Gasteiger partial charge < -0.3 is 10.2 Å². The van der Waals surface area contributed by atoms with E-state index in [1.807, 2.05) is 81.4 Å². The molecule has 0 saturated heterocycles. The molecule has 7 heteroatoms. The van der Waals surface area contributed by atoms with Crippen molar-refractivity contribution >= 4 is 29.4 Å². The Kier molecular flexibility index (Phi) is 8.78. The van der Waals surface area contributed by atoms with Gasteiger partial charge in [-0.3, -0.25) is 9.59 Å². The van der Waals surface area contributed by atoms with Crippen LogP contribution < -0.4 is 5.32 Å². The van der Waals surface area contributed by atoms with E-state index in [9.17, 15) is 9.59 Å². The molecule has 3 rings (SSSR count). The summed E-state index contributed by atoms with van der Waals surface area (Å²) in [7, 11) is 0. The van der Waals surface area contributed by atoms with Crippen LogP contribution in [-0.4, -0.2) is 45.3 Å². The third kappa shape index (κ3) is 7.72. The lowest BCUT2D eigenvalue weighted by atomic mass is 9.92. The molecule has 2 aromatic carbocycles. The van der Waals surface area contributed by atoms with E-state index in [0.29, 0.717) is 18.1 Å². The number of rotatable bonds is 9. The van der Waals surface area contributed by atoms with Crippen molar-refractivity contribution in [2.75, 3.05) is 24.2 Å². The second kappa shape index (κ2) is 11.6. The third-order valence-corrected chi connectivity index (χ3v) is 6.40. The number of amides is 2. The largest absolute Gasteiger partial charge is 0.332 e. The Morgan fingerprint density at radius 2 is 1.71 bits per heavy atom. The Bertz CT molecular complexity index is 1130. The van der Waals surface area contributed by atoms with Crippen LogP contribution in [0.2, 0.25) is 0 Å². The zero-order chi connectivity index (χ0) is 25.6. The Hall–Kier alpha value is -3.06. The minimum atomic E-state index is -0.238. The van der Waals surface area contributed by atoms with E-state index in [0.717, 1.165) is 21.8 Å². The standard InChI is InChI=1S/C28H36N4O2S/c1-20(2)17-31(27(34)19-35-23-10-8-7-9-11-23)18-26(33)29-25-16-24(28(4,5)6)30-32(25)22-14-12-21(3)13-15-22/h7-16,20H,17-19H2,1-6H3,(H,29,33). The van der Waals surface area contributed by atoms with Gasteiger partial charge in [-0.2, -0.15) is 5.10 Å². The van der Waals surface area contributed by atoms with Crippen molar-refractivity contribution in [1.29, 1.82) is 0 Å². The number of hydrogen-bond acceptors (Lipinski definition) is 4. The van der Waals surface area contributed by atoms with Gasteiger partial charge in [0.25, 0.3) is 0 Å². The monoisotopic (exact) mass is 492 g/mol. The highest BCUT2D eigenvalue weighted by atomic mass is 32.2. The van der Waals surface area contributed by atoms with Gasteiger partial charge >= 0.3 is 0 Å². The molecule has 0 saturated carbocycles. The summed E-state index contributed by atoms with van der Waals surface area (Å²) in [4.78, 5) is 28.8. The minimum Gasteiger partial charge on any atom is -0.332 e. The van der Waals surface area contributed by atoms with E-state index in [4.69, 9.17) is 5.10 Å². The van der Waals surface area contributed by atoms with Gasteiger partial charge in [-0.25, -0.2) is 4.68 Å². The molecule has 2 amide bonds. The molecule has 0 radical (unpaired) electrons. The Morgan fingerprint density at radius 1 is 1.06 bits per heavy atom. The molecule has 0 aliphatic heterocycles. The van der Waals surface area contributed by atoms with Crippen LogP contribution in [-0.2, 0) is 15.0 Å². The molecule has 0 aliphatic carbocycles. The zero-order valence-corrected chi connectivity index (χ0v) is 22.4. The van der Waals surface area contributed by atoms with Crippen molar-refractivity contribution in [3.63, 3.8) is 0 Å². The first-order valence-corrected chi connectivity index (χ1v) is 12.9. The molecule has 1 heterocycles. The van der Waals surface area contributed by atoms with E-state index in [1.54, 1.807) is 9.58 Å². The number of aryl methyl sites for hydroxylation is 1. The summed E-state index contributed by atoms with van der Waals surface area (Å²) in [6.45, 7) is 12.9. The molecule has 3 aromatic rings. The van der Waals surface area contributed by atoms with Gasteiger partial charge in [0.05, 0.1) is 23.7 Å². The first kappa shape index (κ1) is 26.5. The lowest BCUT2D eigenvalue weighted by molar-refractivity contribution is -0.132. The van der Waals surface area contributed by atoms with Crippen LogP contribution in [0.25, 0.3) is 5.69 Å². The Labute approximate surface area is 213 Å². The second-order valence-electron chi connectivity index (χ2n) is 10.2. The summed E-state index contributed by atoms with van der Waals surface area (Å²) < 4.78 is 1.76. The van der Waals surface area contributed by atoms with Crippen molar-refractivity contribution in [1.82, 2.24) is 14.7 Å². The second-order valence-corrected chi connectivity index (χ2v) is 11.3.